The number of nitrogens with one attached hydrogen (secondary N) is 1. The lowest BCUT2D eigenvalue weighted by atomic mass is 10.1. The van der Waals surface area contributed by atoms with Gasteiger partial charge >= 0.3 is 5.97 Å². The summed E-state index contributed by atoms with van der Waals surface area (Å²) < 4.78 is 10.5. The molecule has 0 saturated heterocycles. The van der Waals surface area contributed by atoms with Gasteiger partial charge in [-0.25, -0.2) is 4.79 Å². The van der Waals surface area contributed by atoms with Gasteiger partial charge in [0.25, 0.3) is 0 Å². The van der Waals surface area contributed by atoms with Crippen molar-refractivity contribution < 1.29 is 14.3 Å². The number of methoxy groups -OCH3 is 1. The van der Waals surface area contributed by atoms with Crippen molar-refractivity contribution in [3.63, 3.8) is 0 Å². The molecule has 0 aliphatic carbocycles. The topological polar surface area (TPSA) is 47.6 Å². The van der Waals surface area contributed by atoms with Crippen LogP contribution >= 0.6 is 0 Å². The predicted octanol–water partition coefficient (Wildman–Crippen LogP) is 3.80. The predicted molar refractivity (Wildman–Crippen MR) is 87.0 cm³/mol. The molecule has 0 bridgehead atoms. The number of ether oxygens (including phenoxy) is 2. The lowest BCUT2D eigenvalue weighted by Gasteiger charge is -2.20. The van der Waals surface area contributed by atoms with Crippen LogP contribution in [0.2, 0.25) is 0 Å². The third-order valence-electron chi connectivity index (χ3n) is 3.12. The number of rotatable bonds is 6. The molecule has 2 aromatic carbocycles. The Balaban J connectivity index is 2.22. The summed E-state index contributed by atoms with van der Waals surface area (Å²) in [7, 11) is 1.62. The minimum absolute atomic E-state index is 0.156. The first-order valence-electron chi connectivity index (χ1n) is 7.26. The van der Waals surface area contributed by atoms with Crippen LogP contribution in [0.1, 0.15) is 25.5 Å². The standard InChI is InChI=1S/C18H21NO3/c1-13(2)22-18(20)17(14-7-5-4-6-8-14)19-15-9-11-16(21-3)12-10-15/h4-13,17,19H,1-3H3. The number of benzene rings is 2. The van der Waals surface area contributed by atoms with Crippen molar-refractivity contribution in [2.45, 2.75) is 26.0 Å². The van der Waals surface area contributed by atoms with E-state index in [1.807, 2.05) is 68.4 Å². The monoisotopic (exact) mass is 299 g/mol. The smallest absolute Gasteiger partial charge is 0.333 e. The fourth-order valence-electron chi connectivity index (χ4n) is 2.08. The number of carbonyl (C=O) groups is 1. The van der Waals surface area contributed by atoms with Gasteiger partial charge in [0.15, 0.2) is 6.04 Å². The van der Waals surface area contributed by atoms with Gasteiger partial charge in [-0.3, -0.25) is 0 Å². The Morgan fingerprint density at radius 2 is 1.64 bits per heavy atom. The van der Waals surface area contributed by atoms with Crippen molar-refractivity contribution in [2.75, 3.05) is 12.4 Å². The van der Waals surface area contributed by atoms with Crippen molar-refractivity contribution in [1.29, 1.82) is 0 Å². The Morgan fingerprint density at radius 1 is 1.00 bits per heavy atom. The molecular formula is C18H21NO3. The minimum atomic E-state index is -0.544. The maximum absolute atomic E-state index is 12.4. The van der Waals surface area contributed by atoms with Crippen molar-refractivity contribution in [1.82, 2.24) is 0 Å². The van der Waals surface area contributed by atoms with Crippen LogP contribution in [-0.2, 0) is 9.53 Å². The van der Waals surface area contributed by atoms with Gasteiger partial charge in [0.05, 0.1) is 13.2 Å². The van der Waals surface area contributed by atoms with Crippen LogP contribution in [-0.4, -0.2) is 19.2 Å². The quantitative estimate of drug-likeness (QED) is 0.824. The number of esters is 1. The molecule has 1 unspecified atom stereocenters. The number of anilines is 1. The van der Waals surface area contributed by atoms with Crippen molar-refractivity contribution in [3.05, 3.63) is 60.2 Å². The molecule has 0 fully saturated rings. The Bertz CT molecular complexity index is 593. The number of hydrogen-bond acceptors (Lipinski definition) is 4. The number of carbonyl (C=O) groups excluding carboxylic acids is 1. The van der Waals surface area contributed by atoms with E-state index in [0.717, 1.165) is 17.0 Å². The second-order valence-electron chi connectivity index (χ2n) is 5.20. The second kappa shape index (κ2) is 7.50. The fraction of sp³-hybridized carbons (Fsp3) is 0.278. The Labute approximate surface area is 131 Å². The van der Waals surface area contributed by atoms with E-state index in [9.17, 15) is 4.79 Å². The lowest BCUT2D eigenvalue weighted by molar-refractivity contribution is -0.148. The van der Waals surface area contributed by atoms with Gasteiger partial charge in [-0.05, 0) is 43.7 Å². The summed E-state index contributed by atoms with van der Waals surface area (Å²) in [5, 5.41) is 3.22. The first-order chi connectivity index (χ1) is 10.6. The van der Waals surface area contributed by atoms with E-state index in [2.05, 4.69) is 5.32 Å². The molecule has 2 rings (SSSR count). The summed E-state index contributed by atoms with van der Waals surface area (Å²) in [6.07, 6.45) is -0.156. The van der Waals surface area contributed by atoms with E-state index in [1.165, 1.54) is 0 Å². The zero-order valence-corrected chi connectivity index (χ0v) is 13.1. The van der Waals surface area contributed by atoms with Gasteiger partial charge in [0.1, 0.15) is 5.75 Å². The van der Waals surface area contributed by atoms with E-state index in [4.69, 9.17) is 9.47 Å². The van der Waals surface area contributed by atoms with Gasteiger partial charge in [-0.2, -0.15) is 0 Å². The fourth-order valence-corrected chi connectivity index (χ4v) is 2.08. The number of hydrogen-bond donors (Lipinski definition) is 1. The van der Waals surface area contributed by atoms with E-state index < -0.39 is 6.04 Å². The van der Waals surface area contributed by atoms with E-state index in [1.54, 1.807) is 7.11 Å². The van der Waals surface area contributed by atoms with Crippen LogP contribution in [0.3, 0.4) is 0 Å². The van der Waals surface area contributed by atoms with Crippen LogP contribution in [0.15, 0.2) is 54.6 Å². The van der Waals surface area contributed by atoms with E-state index in [0.29, 0.717) is 0 Å². The summed E-state index contributed by atoms with van der Waals surface area (Å²) in [4.78, 5) is 12.4. The third-order valence-corrected chi connectivity index (χ3v) is 3.12. The minimum Gasteiger partial charge on any atom is -0.497 e. The molecule has 0 spiro atoms. The van der Waals surface area contributed by atoms with Gasteiger partial charge in [0, 0.05) is 5.69 Å². The molecule has 0 aliphatic rings. The van der Waals surface area contributed by atoms with E-state index in [-0.39, 0.29) is 12.1 Å². The lowest BCUT2D eigenvalue weighted by Crippen LogP contribution is -2.25. The average Bonchev–Trinajstić information content (AvgIpc) is 2.53. The van der Waals surface area contributed by atoms with Crippen LogP contribution in [0.5, 0.6) is 5.75 Å². The Hall–Kier alpha value is -2.49. The molecule has 4 heteroatoms. The molecule has 4 nitrogen and oxygen atoms in total. The van der Waals surface area contributed by atoms with Crippen LogP contribution in [0.4, 0.5) is 5.69 Å². The zero-order valence-electron chi connectivity index (χ0n) is 13.1. The molecule has 0 radical (unpaired) electrons. The zero-order chi connectivity index (χ0) is 15.9. The summed E-state index contributed by atoms with van der Waals surface area (Å²) >= 11 is 0. The average molecular weight is 299 g/mol. The van der Waals surface area contributed by atoms with Crippen molar-refractivity contribution >= 4 is 11.7 Å². The maximum atomic E-state index is 12.4. The van der Waals surface area contributed by atoms with Crippen LogP contribution in [0.25, 0.3) is 0 Å². The van der Waals surface area contributed by atoms with Crippen LogP contribution in [0, 0.1) is 0 Å². The molecule has 22 heavy (non-hydrogen) atoms. The Morgan fingerprint density at radius 3 is 2.18 bits per heavy atom. The molecule has 0 heterocycles. The van der Waals surface area contributed by atoms with Crippen molar-refractivity contribution in [3.8, 4) is 5.75 Å². The third kappa shape index (κ3) is 4.25. The SMILES string of the molecule is COc1ccc(NC(C(=O)OC(C)C)c2ccccc2)cc1. The van der Waals surface area contributed by atoms with Gasteiger partial charge < -0.3 is 14.8 Å². The highest BCUT2D eigenvalue weighted by atomic mass is 16.5. The highest BCUT2D eigenvalue weighted by Crippen LogP contribution is 2.23. The first kappa shape index (κ1) is 15.9. The summed E-state index contributed by atoms with van der Waals surface area (Å²) in [6, 6.07) is 16.4. The van der Waals surface area contributed by atoms with Gasteiger partial charge in [-0.15, -0.1) is 0 Å². The molecule has 0 saturated carbocycles. The molecule has 1 N–H and O–H groups in total. The van der Waals surface area contributed by atoms with Crippen LogP contribution < -0.4 is 10.1 Å². The van der Waals surface area contributed by atoms with Crippen molar-refractivity contribution in [2.24, 2.45) is 0 Å². The van der Waals surface area contributed by atoms with E-state index >= 15 is 0 Å². The molecule has 1 atom stereocenters. The largest absolute Gasteiger partial charge is 0.497 e. The second-order valence-corrected chi connectivity index (χ2v) is 5.20. The molecule has 0 aliphatic heterocycles. The molecule has 2 aromatic rings. The molecule has 116 valence electrons. The summed E-state index contributed by atoms with van der Waals surface area (Å²) in [6.45, 7) is 3.68. The highest BCUT2D eigenvalue weighted by molar-refractivity contribution is 5.81. The molecular weight excluding hydrogens is 278 g/mol. The van der Waals surface area contributed by atoms with Gasteiger partial charge in [0.2, 0.25) is 0 Å². The highest BCUT2D eigenvalue weighted by Gasteiger charge is 2.22. The molecule has 0 amide bonds. The normalized spacial score (nSPS) is 11.8. The Kier molecular flexibility index (Phi) is 5.42. The van der Waals surface area contributed by atoms with Gasteiger partial charge in [-0.1, -0.05) is 30.3 Å². The molecule has 0 aromatic heterocycles. The first-order valence-corrected chi connectivity index (χ1v) is 7.26. The maximum Gasteiger partial charge on any atom is 0.333 e. The summed E-state index contributed by atoms with van der Waals surface area (Å²) in [5.74, 6) is 0.476. The summed E-state index contributed by atoms with van der Waals surface area (Å²) in [5.41, 5.74) is 1.69.